The molecular formula is C17H17N7O2. The number of ether oxygens (including phenoxy) is 1. The van der Waals surface area contributed by atoms with Gasteiger partial charge in [-0.25, -0.2) is 14.8 Å². The number of fused-ring (bicyclic) bond motifs is 1. The number of aromatic nitrogens is 5. The van der Waals surface area contributed by atoms with Crippen LogP contribution in [0.4, 0.5) is 11.8 Å². The minimum absolute atomic E-state index is 0.0579. The molecule has 0 atom stereocenters. The lowest BCUT2D eigenvalue weighted by molar-refractivity contribution is 0.0697. The summed E-state index contributed by atoms with van der Waals surface area (Å²) in [6.07, 6.45) is 4.62. The molecular weight excluding hydrogens is 334 g/mol. The van der Waals surface area contributed by atoms with Gasteiger partial charge in [0.1, 0.15) is 17.4 Å². The van der Waals surface area contributed by atoms with Gasteiger partial charge in [0.2, 0.25) is 5.95 Å². The van der Waals surface area contributed by atoms with E-state index in [4.69, 9.17) is 10.00 Å². The van der Waals surface area contributed by atoms with Crippen molar-refractivity contribution in [3.63, 3.8) is 0 Å². The minimum Gasteiger partial charge on any atom is -0.381 e. The molecule has 0 unspecified atom stereocenters. The van der Waals surface area contributed by atoms with Crippen LogP contribution in [0.25, 0.3) is 11.2 Å². The van der Waals surface area contributed by atoms with Crippen molar-refractivity contribution < 1.29 is 4.74 Å². The Bertz CT molecular complexity index is 1060. The Kier molecular flexibility index (Phi) is 4.10. The number of aryl methyl sites for hydroxylation is 1. The molecule has 3 aromatic rings. The zero-order valence-corrected chi connectivity index (χ0v) is 14.2. The topological polar surface area (TPSA) is 122 Å². The molecule has 9 nitrogen and oxygen atoms in total. The highest BCUT2D eigenvalue weighted by Gasteiger charge is 2.21. The number of pyridine rings is 1. The summed E-state index contributed by atoms with van der Waals surface area (Å²) in [6.45, 7) is 3.12. The second kappa shape index (κ2) is 6.57. The quantitative estimate of drug-likeness (QED) is 0.737. The lowest BCUT2D eigenvalue weighted by Crippen LogP contribution is -2.27. The van der Waals surface area contributed by atoms with Crippen molar-refractivity contribution in [1.82, 2.24) is 24.5 Å². The Morgan fingerprint density at radius 3 is 2.88 bits per heavy atom. The summed E-state index contributed by atoms with van der Waals surface area (Å²) < 4.78 is 7.07. The van der Waals surface area contributed by atoms with Gasteiger partial charge in [0.05, 0.1) is 11.8 Å². The number of aromatic amines is 1. The van der Waals surface area contributed by atoms with E-state index in [1.165, 1.54) is 6.20 Å². The molecule has 0 aromatic carbocycles. The fourth-order valence-electron chi connectivity index (χ4n) is 3.13. The summed E-state index contributed by atoms with van der Waals surface area (Å²) in [6, 6.07) is 3.85. The third-order valence-electron chi connectivity index (χ3n) is 4.45. The lowest BCUT2D eigenvalue weighted by Gasteiger charge is -2.22. The largest absolute Gasteiger partial charge is 0.381 e. The number of H-pyrrole nitrogens is 1. The number of nitrogens with zero attached hydrogens (tertiary/aromatic N) is 5. The Morgan fingerprint density at radius 2 is 2.15 bits per heavy atom. The second-order valence-corrected chi connectivity index (χ2v) is 6.20. The molecule has 26 heavy (non-hydrogen) atoms. The third-order valence-corrected chi connectivity index (χ3v) is 4.45. The van der Waals surface area contributed by atoms with Crippen molar-refractivity contribution in [2.24, 2.45) is 0 Å². The van der Waals surface area contributed by atoms with Gasteiger partial charge in [0.15, 0.2) is 5.65 Å². The number of hydrogen-bond donors (Lipinski definition) is 2. The van der Waals surface area contributed by atoms with E-state index in [-0.39, 0.29) is 11.7 Å². The van der Waals surface area contributed by atoms with Crippen molar-refractivity contribution in [2.75, 3.05) is 18.5 Å². The molecule has 1 saturated heterocycles. The summed E-state index contributed by atoms with van der Waals surface area (Å²) in [5.41, 5.74) is 2.26. The molecule has 1 fully saturated rings. The average molecular weight is 351 g/mol. The van der Waals surface area contributed by atoms with Crippen LogP contribution in [0, 0.1) is 18.3 Å². The molecule has 0 radical (unpaired) electrons. The molecule has 4 rings (SSSR count). The lowest BCUT2D eigenvalue weighted by atomic mass is 10.1. The van der Waals surface area contributed by atoms with Gasteiger partial charge in [-0.1, -0.05) is 0 Å². The smallest absolute Gasteiger partial charge is 0.327 e. The first-order chi connectivity index (χ1) is 12.7. The van der Waals surface area contributed by atoms with E-state index >= 15 is 0 Å². The number of nitrogens with one attached hydrogen (secondary N) is 2. The van der Waals surface area contributed by atoms with Crippen LogP contribution in [-0.2, 0) is 4.74 Å². The molecule has 132 valence electrons. The Morgan fingerprint density at radius 1 is 1.35 bits per heavy atom. The van der Waals surface area contributed by atoms with Crippen LogP contribution in [0.5, 0.6) is 0 Å². The SMILES string of the molecule is Cc1cc(C#N)cnc1Nc1ncc2[nH]c(=O)n(C3CCOCC3)c2n1. The molecule has 0 saturated carbocycles. The number of anilines is 2. The van der Waals surface area contributed by atoms with Gasteiger partial charge in [-0.05, 0) is 31.4 Å². The maximum atomic E-state index is 12.4. The summed E-state index contributed by atoms with van der Waals surface area (Å²) in [5.74, 6) is 0.913. The molecule has 9 heteroatoms. The Hall–Kier alpha value is -3.25. The predicted octanol–water partition coefficient (Wildman–Crippen LogP) is 1.79. The predicted molar refractivity (Wildman–Crippen MR) is 94.2 cm³/mol. The summed E-state index contributed by atoms with van der Waals surface area (Å²) in [4.78, 5) is 28.2. The van der Waals surface area contributed by atoms with Gasteiger partial charge in [-0.3, -0.25) is 4.57 Å². The van der Waals surface area contributed by atoms with Gasteiger partial charge >= 0.3 is 5.69 Å². The number of imidazole rings is 1. The van der Waals surface area contributed by atoms with Crippen molar-refractivity contribution in [1.29, 1.82) is 5.26 Å². The van der Waals surface area contributed by atoms with E-state index in [2.05, 4.69) is 31.3 Å². The fourth-order valence-corrected chi connectivity index (χ4v) is 3.13. The molecule has 0 spiro atoms. The first-order valence-corrected chi connectivity index (χ1v) is 8.34. The highest BCUT2D eigenvalue weighted by molar-refractivity contribution is 5.72. The number of hydrogen-bond acceptors (Lipinski definition) is 7. The average Bonchev–Trinajstić information content (AvgIpc) is 2.99. The van der Waals surface area contributed by atoms with Crippen molar-refractivity contribution in [3.8, 4) is 6.07 Å². The first-order valence-electron chi connectivity index (χ1n) is 8.34. The van der Waals surface area contributed by atoms with Gasteiger partial charge in [0.25, 0.3) is 0 Å². The van der Waals surface area contributed by atoms with Crippen LogP contribution in [0.15, 0.2) is 23.3 Å². The van der Waals surface area contributed by atoms with E-state index in [9.17, 15) is 4.79 Å². The molecule has 0 amide bonds. The fraction of sp³-hybridized carbons (Fsp3) is 0.353. The molecule has 0 bridgehead atoms. The second-order valence-electron chi connectivity index (χ2n) is 6.20. The first kappa shape index (κ1) is 16.2. The maximum Gasteiger partial charge on any atom is 0.327 e. The van der Waals surface area contributed by atoms with Gasteiger partial charge < -0.3 is 15.0 Å². The van der Waals surface area contributed by atoms with Gasteiger partial charge in [-0.2, -0.15) is 10.2 Å². The maximum absolute atomic E-state index is 12.4. The summed E-state index contributed by atoms with van der Waals surface area (Å²) >= 11 is 0. The van der Waals surface area contributed by atoms with Gasteiger partial charge in [-0.15, -0.1) is 0 Å². The van der Waals surface area contributed by atoms with E-state index < -0.39 is 0 Å². The van der Waals surface area contributed by atoms with Crippen LogP contribution in [0.1, 0.15) is 30.0 Å². The van der Waals surface area contributed by atoms with E-state index in [1.54, 1.807) is 16.8 Å². The van der Waals surface area contributed by atoms with Crippen LogP contribution < -0.4 is 11.0 Å². The van der Waals surface area contributed by atoms with Crippen molar-refractivity contribution >= 4 is 22.9 Å². The molecule has 3 aromatic heterocycles. The monoisotopic (exact) mass is 351 g/mol. The standard InChI is InChI=1S/C17H17N7O2/c1-10-6-11(7-18)8-19-14(10)22-16-20-9-13-15(23-16)24(17(25)21-13)12-2-4-26-5-3-12/h6,8-9,12H,2-5H2,1H3,(H,21,25)(H,19,20,22,23). The number of nitriles is 1. The normalized spacial score (nSPS) is 15.1. The number of rotatable bonds is 3. The highest BCUT2D eigenvalue weighted by Crippen LogP contribution is 2.23. The van der Waals surface area contributed by atoms with E-state index in [0.29, 0.717) is 41.7 Å². The van der Waals surface area contributed by atoms with Crippen molar-refractivity contribution in [3.05, 3.63) is 40.1 Å². The van der Waals surface area contributed by atoms with Gasteiger partial charge in [0, 0.05) is 25.5 Å². The zero-order valence-electron chi connectivity index (χ0n) is 14.2. The van der Waals surface area contributed by atoms with Crippen LogP contribution >= 0.6 is 0 Å². The highest BCUT2D eigenvalue weighted by atomic mass is 16.5. The Balaban J connectivity index is 1.71. The molecule has 4 heterocycles. The van der Waals surface area contributed by atoms with Crippen LogP contribution in [0.2, 0.25) is 0 Å². The van der Waals surface area contributed by atoms with Crippen LogP contribution in [0.3, 0.4) is 0 Å². The molecule has 1 aliphatic heterocycles. The van der Waals surface area contributed by atoms with Crippen LogP contribution in [-0.4, -0.2) is 37.7 Å². The van der Waals surface area contributed by atoms with Crippen molar-refractivity contribution in [2.45, 2.75) is 25.8 Å². The summed E-state index contributed by atoms with van der Waals surface area (Å²) in [7, 11) is 0. The molecule has 1 aliphatic rings. The summed E-state index contributed by atoms with van der Waals surface area (Å²) in [5, 5.41) is 12.0. The van der Waals surface area contributed by atoms with E-state index in [1.807, 2.05) is 6.92 Å². The molecule has 0 aliphatic carbocycles. The zero-order chi connectivity index (χ0) is 18.1. The molecule has 2 N–H and O–H groups in total. The Labute approximate surface area is 148 Å². The van der Waals surface area contributed by atoms with E-state index in [0.717, 1.165) is 18.4 Å². The third kappa shape index (κ3) is 2.91. The minimum atomic E-state index is -0.189.